The number of rotatable bonds is 9. The van der Waals surface area contributed by atoms with Crippen molar-refractivity contribution < 1.29 is 9.59 Å². The average molecular weight is 367 g/mol. The number of hydrogen-bond donors (Lipinski definition) is 2. The number of anilines is 2. The van der Waals surface area contributed by atoms with Gasteiger partial charge in [0.2, 0.25) is 5.91 Å². The van der Waals surface area contributed by atoms with Crippen LogP contribution >= 0.6 is 0 Å². The summed E-state index contributed by atoms with van der Waals surface area (Å²) in [5, 5.41) is 5.93. The molecule has 2 aromatic carbocycles. The van der Waals surface area contributed by atoms with E-state index in [-0.39, 0.29) is 18.4 Å². The van der Waals surface area contributed by atoms with Crippen LogP contribution in [0.4, 0.5) is 11.4 Å². The van der Waals surface area contributed by atoms with Crippen molar-refractivity contribution in [2.45, 2.75) is 33.6 Å². The zero-order valence-corrected chi connectivity index (χ0v) is 16.4. The van der Waals surface area contributed by atoms with Gasteiger partial charge in [-0.1, -0.05) is 31.5 Å². The summed E-state index contributed by atoms with van der Waals surface area (Å²) in [4.78, 5) is 26.5. The first-order valence-electron chi connectivity index (χ1n) is 9.53. The Hall–Kier alpha value is -2.82. The van der Waals surface area contributed by atoms with Crippen LogP contribution in [-0.4, -0.2) is 36.3 Å². The van der Waals surface area contributed by atoms with Crippen LogP contribution in [0.1, 0.15) is 42.6 Å². The number of carbonyl (C=O) groups excluding carboxylic acids is 2. The van der Waals surface area contributed by atoms with E-state index >= 15 is 0 Å². The molecule has 0 aliphatic rings. The van der Waals surface area contributed by atoms with Crippen molar-refractivity contribution in [1.29, 1.82) is 0 Å². The molecule has 0 unspecified atom stereocenters. The van der Waals surface area contributed by atoms with Crippen LogP contribution in [-0.2, 0) is 4.79 Å². The molecule has 2 amide bonds. The summed E-state index contributed by atoms with van der Waals surface area (Å²) in [7, 11) is 0. The van der Waals surface area contributed by atoms with Crippen molar-refractivity contribution in [2.75, 3.05) is 30.3 Å². The van der Waals surface area contributed by atoms with Gasteiger partial charge in [-0.15, -0.1) is 0 Å². The molecule has 0 fully saturated rings. The topological polar surface area (TPSA) is 61.4 Å². The Bertz CT molecular complexity index is 733. The number of nitrogens with one attached hydrogen (secondary N) is 2. The third-order valence-electron chi connectivity index (χ3n) is 4.19. The van der Waals surface area contributed by atoms with E-state index in [0.717, 1.165) is 31.6 Å². The van der Waals surface area contributed by atoms with Gasteiger partial charge < -0.3 is 15.5 Å². The number of benzene rings is 2. The van der Waals surface area contributed by atoms with Gasteiger partial charge in [-0.05, 0) is 56.2 Å². The summed E-state index contributed by atoms with van der Waals surface area (Å²) in [6.07, 6.45) is 1.88. The Morgan fingerprint density at radius 1 is 0.852 bits per heavy atom. The van der Waals surface area contributed by atoms with E-state index in [1.165, 1.54) is 5.56 Å². The largest absolute Gasteiger partial charge is 0.376 e. The van der Waals surface area contributed by atoms with E-state index in [1.54, 1.807) is 24.3 Å². The highest BCUT2D eigenvalue weighted by molar-refractivity contribution is 5.96. The molecule has 0 aliphatic heterocycles. The molecule has 0 bridgehead atoms. The summed E-state index contributed by atoms with van der Waals surface area (Å²) in [6, 6.07) is 15.0. The van der Waals surface area contributed by atoms with Crippen LogP contribution in [0.2, 0.25) is 0 Å². The molecule has 144 valence electrons. The van der Waals surface area contributed by atoms with Gasteiger partial charge in [0.15, 0.2) is 0 Å². The minimum Gasteiger partial charge on any atom is -0.376 e. The van der Waals surface area contributed by atoms with Gasteiger partial charge in [0, 0.05) is 30.0 Å². The Labute approximate surface area is 161 Å². The van der Waals surface area contributed by atoms with Gasteiger partial charge in [-0.3, -0.25) is 9.59 Å². The third-order valence-corrected chi connectivity index (χ3v) is 4.19. The number of hydrogen-bond acceptors (Lipinski definition) is 3. The monoisotopic (exact) mass is 367 g/mol. The van der Waals surface area contributed by atoms with E-state index in [0.29, 0.717) is 11.3 Å². The van der Waals surface area contributed by atoms with Crippen LogP contribution in [0.3, 0.4) is 0 Å². The first kappa shape index (κ1) is 20.5. The highest BCUT2D eigenvalue weighted by atomic mass is 16.2. The molecule has 0 aliphatic carbocycles. The van der Waals surface area contributed by atoms with Crippen LogP contribution in [0, 0.1) is 6.92 Å². The fourth-order valence-electron chi connectivity index (χ4n) is 2.79. The van der Waals surface area contributed by atoms with Gasteiger partial charge in [0.25, 0.3) is 5.91 Å². The Balaban J connectivity index is 1.89. The predicted octanol–water partition coefficient (Wildman–Crippen LogP) is 4.31. The lowest BCUT2D eigenvalue weighted by atomic mass is 10.1. The maximum atomic E-state index is 12.6. The van der Waals surface area contributed by atoms with E-state index < -0.39 is 0 Å². The highest BCUT2D eigenvalue weighted by Crippen LogP contribution is 2.13. The predicted molar refractivity (Wildman–Crippen MR) is 111 cm³/mol. The average Bonchev–Trinajstić information content (AvgIpc) is 2.67. The molecule has 5 nitrogen and oxygen atoms in total. The standard InChI is InChI=1S/C22H29N3O2/c1-4-14-25(15-5-2)22(27)18-8-12-20(13-9-18)24-21(26)16-23-19-10-6-17(3)7-11-19/h6-13,23H,4-5,14-16H2,1-3H3,(H,24,26). The van der Waals surface area contributed by atoms with Crippen molar-refractivity contribution in [2.24, 2.45) is 0 Å². The normalized spacial score (nSPS) is 10.3. The lowest BCUT2D eigenvalue weighted by Gasteiger charge is -2.21. The molecule has 0 aromatic heterocycles. The number of aryl methyl sites for hydroxylation is 1. The lowest BCUT2D eigenvalue weighted by molar-refractivity contribution is -0.114. The fraction of sp³-hybridized carbons (Fsp3) is 0.364. The second-order valence-corrected chi connectivity index (χ2v) is 6.64. The molecule has 0 radical (unpaired) electrons. The molecule has 0 saturated heterocycles. The van der Waals surface area contributed by atoms with E-state index in [1.807, 2.05) is 36.1 Å². The summed E-state index contributed by atoms with van der Waals surface area (Å²) >= 11 is 0. The van der Waals surface area contributed by atoms with Gasteiger partial charge in [-0.25, -0.2) is 0 Å². The Kier molecular flexibility index (Phi) is 7.86. The van der Waals surface area contributed by atoms with Crippen molar-refractivity contribution >= 4 is 23.2 Å². The summed E-state index contributed by atoms with van der Waals surface area (Å²) < 4.78 is 0. The minimum atomic E-state index is -0.131. The molecule has 2 N–H and O–H groups in total. The molecule has 0 spiro atoms. The number of nitrogens with zero attached hydrogens (tertiary/aromatic N) is 1. The molecule has 5 heteroatoms. The number of amides is 2. The van der Waals surface area contributed by atoms with Gasteiger partial charge in [0.05, 0.1) is 6.54 Å². The molecule has 0 saturated carbocycles. The smallest absolute Gasteiger partial charge is 0.253 e. The Morgan fingerprint density at radius 2 is 1.41 bits per heavy atom. The maximum Gasteiger partial charge on any atom is 0.253 e. The second kappa shape index (κ2) is 10.4. The van der Waals surface area contributed by atoms with Crippen LogP contribution < -0.4 is 10.6 Å². The summed E-state index contributed by atoms with van der Waals surface area (Å²) in [5.41, 5.74) is 3.41. The van der Waals surface area contributed by atoms with Gasteiger partial charge in [0.1, 0.15) is 0 Å². The summed E-state index contributed by atoms with van der Waals surface area (Å²) in [6.45, 7) is 7.86. The zero-order chi connectivity index (χ0) is 19.6. The molecule has 2 rings (SSSR count). The minimum absolute atomic E-state index is 0.0395. The quantitative estimate of drug-likeness (QED) is 0.694. The van der Waals surface area contributed by atoms with E-state index in [2.05, 4.69) is 24.5 Å². The third kappa shape index (κ3) is 6.44. The zero-order valence-electron chi connectivity index (χ0n) is 16.4. The first-order chi connectivity index (χ1) is 13.0. The fourth-order valence-corrected chi connectivity index (χ4v) is 2.79. The lowest BCUT2D eigenvalue weighted by Crippen LogP contribution is -2.32. The van der Waals surface area contributed by atoms with Crippen molar-refractivity contribution in [3.8, 4) is 0 Å². The van der Waals surface area contributed by atoms with E-state index in [9.17, 15) is 9.59 Å². The highest BCUT2D eigenvalue weighted by Gasteiger charge is 2.14. The first-order valence-corrected chi connectivity index (χ1v) is 9.53. The van der Waals surface area contributed by atoms with Crippen LogP contribution in [0.5, 0.6) is 0 Å². The van der Waals surface area contributed by atoms with Gasteiger partial charge in [-0.2, -0.15) is 0 Å². The summed E-state index contributed by atoms with van der Waals surface area (Å²) in [5.74, 6) is -0.0918. The molecular weight excluding hydrogens is 338 g/mol. The maximum absolute atomic E-state index is 12.6. The number of carbonyl (C=O) groups is 2. The van der Waals surface area contributed by atoms with Crippen molar-refractivity contribution in [1.82, 2.24) is 4.90 Å². The second-order valence-electron chi connectivity index (χ2n) is 6.64. The van der Waals surface area contributed by atoms with Crippen molar-refractivity contribution in [3.05, 3.63) is 59.7 Å². The molecule has 2 aromatic rings. The van der Waals surface area contributed by atoms with Gasteiger partial charge >= 0.3 is 0 Å². The Morgan fingerprint density at radius 3 is 1.96 bits per heavy atom. The van der Waals surface area contributed by atoms with Crippen molar-refractivity contribution in [3.63, 3.8) is 0 Å². The molecular formula is C22H29N3O2. The molecule has 0 heterocycles. The van der Waals surface area contributed by atoms with Crippen LogP contribution in [0.25, 0.3) is 0 Å². The SMILES string of the molecule is CCCN(CCC)C(=O)c1ccc(NC(=O)CNc2ccc(C)cc2)cc1. The molecule has 0 atom stereocenters. The van der Waals surface area contributed by atoms with E-state index in [4.69, 9.17) is 0 Å². The molecule has 27 heavy (non-hydrogen) atoms. The van der Waals surface area contributed by atoms with Crippen LogP contribution in [0.15, 0.2) is 48.5 Å².